The monoisotopic (exact) mass is 306 g/mol. The first kappa shape index (κ1) is 15.2. The maximum atomic E-state index is 11.4. The van der Waals surface area contributed by atoms with Crippen LogP contribution >= 0.6 is 0 Å². The molecule has 3 rings (SSSR count). The molecule has 6 heteroatoms. The number of benzene rings is 1. The van der Waals surface area contributed by atoms with Crippen LogP contribution in [0.25, 0.3) is 0 Å². The van der Waals surface area contributed by atoms with E-state index in [0.717, 1.165) is 25.9 Å². The molecule has 0 bridgehead atoms. The van der Waals surface area contributed by atoms with Crippen molar-refractivity contribution in [2.75, 3.05) is 13.1 Å². The van der Waals surface area contributed by atoms with Crippen LogP contribution < -0.4 is 4.74 Å². The second kappa shape index (κ2) is 5.52. The highest BCUT2D eigenvalue weighted by Crippen LogP contribution is 2.47. The van der Waals surface area contributed by atoms with Gasteiger partial charge in [0.15, 0.2) is 0 Å². The summed E-state index contributed by atoms with van der Waals surface area (Å²) < 4.78 is 5.86. The Hall–Kier alpha value is -1.66. The van der Waals surface area contributed by atoms with Crippen LogP contribution in [0.3, 0.4) is 0 Å². The summed E-state index contributed by atoms with van der Waals surface area (Å²) in [6, 6.07) is 4.50. The number of aliphatic hydroxyl groups is 1. The SMILES string of the molecule is CC1(C)Oc2cccc([N+](=O)[O-])c2[C@@H](N2CCCCC2)[C@@H]1O. The molecule has 2 atom stereocenters. The predicted octanol–water partition coefficient (Wildman–Crippen LogP) is 2.65. The standard InChI is InChI=1S/C16H22N2O4/c1-16(2)15(19)14(17-9-4-3-5-10-17)13-11(18(20)21)7-6-8-12(13)22-16/h6-8,14-15,19H,3-5,9-10H2,1-2H3/t14-,15+/m1/s1. The van der Waals surface area contributed by atoms with Crippen LogP contribution in [-0.4, -0.2) is 39.7 Å². The van der Waals surface area contributed by atoms with Crippen LogP contribution in [-0.2, 0) is 0 Å². The summed E-state index contributed by atoms with van der Waals surface area (Å²) in [7, 11) is 0. The normalized spacial score (nSPS) is 27.8. The highest BCUT2D eigenvalue weighted by molar-refractivity contribution is 5.53. The number of aliphatic hydroxyl groups excluding tert-OH is 1. The minimum absolute atomic E-state index is 0.0302. The minimum atomic E-state index is -0.806. The zero-order valence-electron chi connectivity index (χ0n) is 13.0. The van der Waals surface area contributed by atoms with Gasteiger partial charge in [0, 0.05) is 6.07 Å². The van der Waals surface area contributed by atoms with Gasteiger partial charge in [0.05, 0.1) is 16.5 Å². The fraction of sp³-hybridized carbons (Fsp3) is 0.625. The molecule has 0 radical (unpaired) electrons. The molecule has 1 aromatic carbocycles. The molecule has 2 heterocycles. The highest BCUT2D eigenvalue weighted by Gasteiger charge is 2.48. The van der Waals surface area contributed by atoms with E-state index < -0.39 is 11.7 Å². The number of nitro groups is 1. The molecule has 0 amide bonds. The molecule has 6 nitrogen and oxygen atoms in total. The number of hydrogen-bond acceptors (Lipinski definition) is 5. The van der Waals surface area contributed by atoms with Crippen LogP contribution in [0.2, 0.25) is 0 Å². The Labute approximate surface area is 129 Å². The Bertz CT molecular complexity index is 582. The quantitative estimate of drug-likeness (QED) is 0.671. The number of rotatable bonds is 2. The molecule has 2 aliphatic rings. The predicted molar refractivity (Wildman–Crippen MR) is 82.0 cm³/mol. The molecule has 0 saturated carbocycles. The van der Waals surface area contributed by atoms with Crippen LogP contribution in [0.15, 0.2) is 18.2 Å². The van der Waals surface area contributed by atoms with E-state index in [1.54, 1.807) is 12.1 Å². The van der Waals surface area contributed by atoms with Gasteiger partial charge in [0.1, 0.15) is 17.5 Å². The molecule has 1 fully saturated rings. The molecular formula is C16H22N2O4. The molecule has 1 aromatic rings. The maximum Gasteiger partial charge on any atom is 0.278 e. The number of nitro benzene ring substituents is 1. The summed E-state index contributed by atoms with van der Waals surface area (Å²) in [5.74, 6) is 0.514. The van der Waals surface area contributed by atoms with Crippen molar-refractivity contribution in [1.29, 1.82) is 0 Å². The van der Waals surface area contributed by atoms with Gasteiger partial charge in [0.2, 0.25) is 0 Å². The van der Waals surface area contributed by atoms with Gasteiger partial charge in [-0.1, -0.05) is 12.5 Å². The second-order valence-corrected chi connectivity index (χ2v) is 6.64. The number of piperidine rings is 1. The molecule has 120 valence electrons. The summed E-state index contributed by atoms with van der Waals surface area (Å²) in [4.78, 5) is 13.2. The lowest BCUT2D eigenvalue weighted by Crippen LogP contribution is -2.54. The molecular weight excluding hydrogens is 284 g/mol. The van der Waals surface area contributed by atoms with Crippen LogP contribution in [0.5, 0.6) is 5.75 Å². The summed E-state index contributed by atoms with van der Waals surface area (Å²) in [5.41, 5.74) is -0.228. The lowest BCUT2D eigenvalue weighted by atomic mass is 9.84. The van der Waals surface area contributed by atoms with E-state index >= 15 is 0 Å². The number of ether oxygens (including phenoxy) is 1. The van der Waals surface area contributed by atoms with Gasteiger partial charge in [-0.15, -0.1) is 0 Å². The van der Waals surface area contributed by atoms with Crippen molar-refractivity contribution < 1.29 is 14.8 Å². The molecule has 0 aliphatic carbocycles. The number of nitrogens with zero attached hydrogens (tertiary/aromatic N) is 2. The van der Waals surface area contributed by atoms with Crippen molar-refractivity contribution in [3.05, 3.63) is 33.9 Å². The number of likely N-dealkylation sites (tertiary alicyclic amines) is 1. The summed E-state index contributed by atoms with van der Waals surface area (Å²) in [6.45, 7) is 5.36. The van der Waals surface area contributed by atoms with Gasteiger partial charge in [-0.25, -0.2) is 0 Å². The van der Waals surface area contributed by atoms with Gasteiger partial charge in [-0.05, 0) is 45.8 Å². The fourth-order valence-corrected chi connectivity index (χ4v) is 3.54. The Balaban J connectivity index is 2.12. The summed E-state index contributed by atoms with van der Waals surface area (Å²) in [5, 5.41) is 22.2. The molecule has 1 N–H and O–H groups in total. The maximum absolute atomic E-state index is 11.4. The highest BCUT2D eigenvalue weighted by atomic mass is 16.6. The third-order valence-electron chi connectivity index (χ3n) is 4.70. The van der Waals surface area contributed by atoms with E-state index in [4.69, 9.17) is 4.74 Å². The minimum Gasteiger partial charge on any atom is -0.484 e. The van der Waals surface area contributed by atoms with E-state index in [0.29, 0.717) is 11.3 Å². The topological polar surface area (TPSA) is 75.8 Å². The zero-order chi connectivity index (χ0) is 15.9. The molecule has 0 aromatic heterocycles. The fourth-order valence-electron chi connectivity index (χ4n) is 3.54. The first-order chi connectivity index (χ1) is 10.4. The van der Waals surface area contributed by atoms with Crippen LogP contribution in [0.1, 0.15) is 44.7 Å². The van der Waals surface area contributed by atoms with E-state index in [2.05, 4.69) is 4.90 Å². The van der Waals surface area contributed by atoms with Gasteiger partial charge in [0.25, 0.3) is 5.69 Å². The van der Waals surface area contributed by atoms with Gasteiger partial charge < -0.3 is 9.84 Å². The molecule has 22 heavy (non-hydrogen) atoms. The van der Waals surface area contributed by atoms with Crippen molar-refractivity contribution in [2.24, 2.45) is 0 Å². The van der Waals surface area contributed by atoms with Gasteiger partial charge in [-0.2, -0.15) is 0 Å². The lowest BCUT2D eigenvalue weighted by molar-refractivity contribution is -0.386. The van der Waals surface area contributed by atoms with Crippen molar-refractivity contribution in [3.63, 3.8) is 0 Å². The largest absolute Gasteiger partial charge is 0.484 e. The Morgan fingerprint density at radius 3 is 2.64 bits per heavy atom. The van der Waals surface area contributed by atoms with Crippen LogP contribution in [0, 0.1) is 10.1 Å². The first-order valence-corrected chi connectivity index (χ1v) is 7.80. The third kappa shape index (κ3) is 2.46. The molecule has 0 spiro atoms. The summed E-state index contributed by atoms with van der Waals surface area (Å²) >= 11 is 0. The molecule has 1 saturated heterocycles. The second-order valence-electron chi connectivity index (χ2n) is 6.64. The van der Waals surface area contributed by atoms with E-state index in [1.807, 2.05) is 13.8 Å². The molecule has 0 unspecified atom stereocenters. The first-order valence-electron chi connectivity index (χ1n) is 7.80. The van der Waals surface area contributed by atoms with Crippen LogP contribution in [0.4, 0.5) is 5.69 Å². The number of fused-ring (bicyclic) bond motifs is 1. The smallest absolute Gasteiger partial charge is 0.278 e. The van der Waals surface area contributed by atoms with Crippen molar-refractivity contribution in [2.45, 2.75) is 50.9 Å². The summed E-state index contributed by atoms with van der Waals surface area (Å²) in [6.07, 6.45) is 2.48. The number of hydrogen-bond donors (Lipinski definition) is 1. The van der Waals surface area contributed by atoms with Crippen molar-refractivity contribution >= 4 is 5.69 Å². The van der Waals surface area contributed by atoms with Crippen molar-refractivity contribution in [1.82, 2.24) is 4.90 Å². The Morgan fingerprint density at radius 1 is 1.32 bits per heavy atom. The Kier molecular flexibility index (Phi) is 3.82. The van der Waals surface area contributed by atoms with E-state index in [1.165, 1.54) is 12.5 Å². The zero-order valence-corrected chi connectivity index (χ0v) is 13.0. The lowest BCUT2D eigenvalue weighted by Gasteiger charge is -2.46. The Morgan fingerprint density at radius 2 is 2.00 bits per heavy atom. The van der Waals surface area contributed by atoms with Gasteiger partial charge >= 0.3 is 0 Å². The molecule has 2 aliphatic heterocycles. The third-order valence-corrected chi connectivity index (χ3v) is 4.70. The van der Waals surface area contributed by atoms with Gasteiger partial charge in [-0.3, -0.25) is 15.0 Å². The van der Waals surface area contributed by atoms with Crippen molar-refractivity contribution in [3.8, 4) is 5.75 Å². The average Bonchev–Trinajstić information content (AvgIpc) is 2.48. The van der Waals surface area contributed by atoms with E-state index in [9.17, 15) is 15.2 Å². The average molecular weight is 306 g/mol. The van der Waals surface area contributed by atoms with E-state index in [-0.39, 0.29) is 16.7 Å².